The van der Waals surface area contributed by atoms with Gasteiger partial charge in [-0.2, -0.15) is 4.08 Å². The Morgan fingerprint density at radius 1 is 1.31 bits per heavy atom. The largest absolute Gasteiger partial charge is 0.578 e. The first kappa shape index (κ1) is 10.5. The van der Waals surface area contributed by atoms with E-state index in [4.69, 9.17) is 11.9 Å². The van der Waals surface area contributed by atoms with Crippen LogP contribution in [0.4, 0.5) is 4.53 Å². The Balaban J connectivity index is 2.74. The molecule has 1 aromatic carbocycles. The first-order chi connectivity index (χ1) is 6.20. The minimum absolute atomic E-state index is 0.129. The molecule has 72 valence electrons. The average Bonchev–Trinajstić information content (AvgIpc) is 2.19. The van der Waals surface area contributed by atoms with Crippen molar-refractivity contribution in [1.29, 1.82) is 0 Å². The van der Waals surface area contributed by atoms with Crippen LogP contribution in [-0.2, 0) is 13.4 Å². The summed E-state index contributed by atoms with van der Waals surface area (Å²) in [6.07, 6.45) is 0. The van der Waals surface area contributed by atoms with Crippen molar-refractivity contribution in [2.45, 2.75) is 0 Å². The van der Waals surface area contributed by atoms with Gasteiger partial charge < -0.3 is 4.52 Å². The molecule has 13 heavy (non-hydrogen) atoms. The minimum Gasteiger partial charge on any atom is -0.402 e. The zero-order valence-corrected chi connectivity index (χ0v) is 7.87. The van der Waals surface area contributed by atoms with E-state index in [0.29, 0.717) is 0 Å². The molecule has 0 aromatic heterocycles. The summed E-state index contributed by atoms with van der Waals surface area (Å²) < 4.78 is 33.8. The van der Waals surface area contributed by atoms with Crippen molar-refractivity contribution in [3.8, 4) is 5.75 Å². The molecular formula is C6H5ClFO4P. The molecule has 7 heteroatoms. The van der Waals surface area contributed by atoms with E-state index in [-0.39, 0.29) is 5.75 Å². The van der Waals surface area contributed by atoms with Gasteiger partial charge in [0.25, 0.3) is 0 Å². The summed E-state index contributed by atoms with van der Waals surface area (Å²) >= 11 is 4.71. The number of benzene rings is 1. The van der Waals surface area contributed by atoms with Crippen LogP contribution in [-0.4, -0.2) is 0 Å². The molecule has 0 spiro atoms. The highest BCUT2D eigenvalue weighted by atomic mass is 35.5. The Morgan fingerprint density at radius 3 is 2.38 bits per heavy atom. The first-order valence-electron chi connectivity index (χ1n) is 3.15. The van der Waals surface area contributed by atoms with Crippen LogP contribution in [0.5, 0.6) is 5.75 Å². The third-order valence-corrected chi connectivity index (χ3v) is 2.41. The van der Waals surface area contributed by atoms with Gasteiger partial charge >= 0.3 is 7.82 Å². The smallest absolute Gasteiger partial charge is 0.402 e. The number of phosphoric acid groups is 1. The van der Waals surface area contributed by atoms with Crippen LogP contribution in [0.1, 0.15) is 0 Å². The molecule has 0 aliphatic heterocycles. The second-order valence-electron chi connectivity index (χ2n) is 1.99. The molecule has 1 unspecified atom stereocenters. The van der Waals surface area contributed by atoms with Crippen LogP contribution < -0.4 is 4.52 Å². The molecule has 4 nitrogen and oxygen atoms in total. The fourth-order valence-corrected chi connectivity index (χ4v) is 1.26. The van der Waals surface area contributed by atoms with E-state index in [1.165, 1.54) is 12.1 Å². The summed E-state index contributed by atoms with van der Waals surface area (Å²) in [5, 5.41) is 0. The first-order valence-corrected chi connectivity index (χ1v) is 4.92. The fraction of sp³-hybridized carbons (Fsp3) is 0. The molecule has 0 saturated heterocycles. The van der Waals surface area contributed by atoms with Crippen LogP contribution in [0.15, 0.2) is 30.3 Å². The maximum absolute atomic E-state index is 11.6. The number of hydrogen-bond donors (Lipinski definition) is 0. The molecule has 0 fully saturated rings. The van der Waals surface area contributed by atoms with E-state index in [2.05, 4.69) is 13.3 Å². The van der Waals surface area contributed by atoms with Crippen molar-refractivity contribution in [3.63, 3.8) is 0 Å². The third kappa shape index (κ3) is 2.97. The van der Waals surface area contributed by atoms with Gasteiger partial charge in [0.2, 0.25) is 0 Å². The summed E-state index contributed by atoms with van der Waals surface area (Å²) in [7, 11) is -4.30. The van der Waals surface area contributed by atoms with E-state index in [1.807, 2.05) is 0 Å². The van der Waals surface area contributed by atoms with Gasteiger partial charge in [-0.3, -0.25) is 0 Å². The monoisotopic (exact) mass is 226 g/mol. The lowest BCUT2D eigenvalue weighted by Gasteiger charge is -2.08. The summed E-state index contributed by atoms with van der Waals surface area (Å²) in [4.78, 5) is 0. The van der Waals surface area contributed by atoms with Gasteiger partial charge in [-0.05, 0) is 16.7 Å². The van der Waals surface area contributed by atoms with Gasteiger partial charge in [0.15, 0.2) is 0 Å². The molecule has 0 bridgehead atoms. The van der Waals surface area contributed by atoms with E-state index in [1.54, 1.807) is 18.2 Å². The predicted molar refractivity (Wildman–Crippen MR) is 43.8 cm³/mol. The number of para-hydroxylation sites is 1. The number of halogens is 2. The van der Waals surface area contributed by atoms with E-state index >= 15 is 0 Å². The topological polar surface area (TPSA) is 44.8 Å². The summed E-state index contributed by atoms with van der Waals surface area (Å²) in [6.45, 7) is 0. The Hall–Kier alpha value is -0.610. The Labute approximate surface area is 78.9 Å². The lowest BCUT2D eigenvalue weighted by atomic mass is 10.3. The van der Waals surface area contributed by atoms with Crippen molar-refractivity contribution in [1.82, 2.24) is 0 Å². The summed E-state index contributed by atoms with van der Waals surface area (Å²) in [5.74, 6) is 0.129. The maximum Gasteiger partial charge on any atom is 0.578 e. The molecule has 0 heterocycles. The second kappa shape index (κ2) is 4.58. The number of rotatable bonds is 4. The van der Waals surface area contributed by atoms with Crippen molar-refractivity contribution in [3.05, 3.63) is 30.3 Å². The standard InChI is InChI=1S/C6H5ClFO4P/c7-11-13(9,12-8)10-6-4-2-1-3-5-6/h1-5H. The van der Waals surface area contributed by atoms with E-state index in [0.717, 1.165) is 0 Å². The number of hydrogen-bond acceptors (Lipinski definition) is 4. The average molecular weight is 227 g/mol. The predicted octanol–water partition coefficient (Wildman–Crippen LogP) is 3.25. The van der Waals surface area contributed by atoms with Crippen LogP contribution in [0.25, 0.3) is 0 Å². The highest BCUT2D eigenvalue weighted by molar-refractivity contribution is 7.49. The normalized spacial score (nSPS) is 14.9. The maximum atomic E-state index is 11.6. The zero-order valence-electron chi connectivity index (χ0n) is 6.22. The molecule has 0 aliphatic carbocycles. The molecule has 0 saturated carbocycles. The van der Waals surface area contributed by atoms with Gasteiger partial charge in [-0.1, -0.05) is 22.9 Å². The summed E-state index contributed by atoms with van der Waals surface area (Å²) in [5.41, 5.74) is 0. The SMILES string of the molecule is O=P(OF)(OCl)Oc1ccccc1. The summed E-state index contributed by atoms with van der Waals surface area (Å²) in [6, 6.07) is 7.80. The van der Waals surface area contributed by atoms with Gasteiger partial charge in [0.1, 0.15) is 5.75 Å². The van der Waals surface area contributed by atoms with Gasteiger partial charge in [0, 0.05) is 0 Å². The minimum atomic E-state index is -4.30. The Kier molecular flexibility index (Phi) is 3.69. The fourth-order valence-electron chi connectivity index (χ4n) is 0.649. The molecular weight excluding hydrogens is 221 g/mol. The van der Waals surface area contributed by atoms with E-state index < -0.39 is 7.82 Å². The molecule has 1 aromatic rings. The van der Waals surface area contributed by atoms with Crippen LogP contribution in [0, 0.1) is 0 Å². The lowest BCUT2D eigenvalue weighted by molar-refractivity contribution is -0.0330. The molecule has 0 aliphatic rings. The van der Waals surface area contributed by atoms with Crippen molar-refractivity contribution >= 4 is 19.7 Å². The van der Waals surface area contributed by atoms with E-state index in [9.17, 15) is 9.09 Å². The van der Waals surface area contributed by atoms with Crippen LogP contribution in [0.3, 0.4) is 0 Å². The second-order valence-corrected chi connectivity index (χ2v) is 3.76. The van der Waals surface area contributed by atoms with Gasteiger partial charge in [-0.25, -0.2) is 4.57 Å². The lowest BCUT2D eigenvalue weighted by Crippen LogP contribution is -1.92. The molecule has 0 N–H and O–H groups in total. The van der Waals surface area contributed by atoms with Crippen LogP contribution in [0.2, 0.25) is 0 Å². The quantitative estimate of drug-likeness (QED) is 0.739. The molecule has 1 atom stereocenters. The van der Waals surface area contributed by atoms with Crippen molar-refractivity contribution in [2.75, 3.05) is 0 Å². The zero-order chi connectivity index (χ0) is 9.73. The Bertz CT molecular complexity index is 299. The molecule has 1 rings (SSSR count). The molecule has 0 amide bonds. The third-order valence-electron chi connectivity index (χ3n) is 1.13. The molecule has 0 radical (unpaired) electrons. The highest BCUT2D eigenvalue weighted by Crippen LogP contribution is 2.50. The van der Waals surface area contributed by atoms with Crippen LogP contribution >= 0.6 is 19.7 Å². The van der Waals surface area contributed by atoms with Gasteiger partial charge in [0.05, 0.1) is 11.9 Å². The van der Waals surface area contributed by atoms with Gasteiger partial charge in [-0.15, -0.1) is 0 Å². The van der Waals surface area contributed by atoms with Crippen molar-refractivity contribution in [2.24, 2.45) is 0 Å². The van der Waals surface area contributed by atoms with Crippen molar-refractivity contribution < 1.29 is 22.4 Å². The Morgan fingerprint density at radius 2 is 1.92 bits per heavy atom. The highest BCUT2D eigenvalue weighted by Gasteiger charge is 2.30.